The van der Waals surface area contributed by atoms with Crippen LogP contribution in [0.5, 0.6) is 0 Å². The Labute approximate surface area is 120 Å². The smallest absolute Gasteiger partial charge is 0.181 e. The number of hydrogen-bond donors (Lipinski definition) is 1. The van der Waals surface area contributed by atoms with Gasteiger partial charge < -0.3 is 9.73 Å². The van der Waals surface area contributed by atoms with E-state index in [1.165, 1.54) is 12.5 Å². The quantitative estimate of drug-likeness (QED) is 0.921. The third-order valence-corrected chi connectivity index (χ3v) is 3.28. The van der Waals surface area contributed by atoms with Crippen LogP contribution in [-0.4, -0.2) is 10.5 Å². The van der Waals surface area contributed by atoms with Crippen LogP contribution in [0.3, 0.4) is 0 Å². The van der Waals surface area contributed by atoms with Crippen LogP contribution in [0.4, 0.5) is 4.39 Å². The molecule has 0 spiro atoms. The van der Waals surface area contributed by atoms with Crippen LogP contribution in [0, 0.1) is 5.82 Å². The maximum atomic E-state index is 13.9. The third kappa shape index (κ3) is 3.42. The first-order valence-corrected chi connectivity index (χ1v) is 6.79. The Bertz CT molecular complexity index is 555. The minimum absolute atomic E-state index is 0.0390. The van der Waals surface area contributed by atoms with Crippen molar-refractivity contribution in [2.45, 2.75) is 32.9 Å². The van der Waals surface area contributed by atoms with Crippen LogP contribution in [0.1, 0.15) is 26.5 Å². The van der Waals surface area contributed by atoms with Gasteiger partial charge in [0.25, 0.3) is 0 Å². The van der Waals surface area contributed by atoms with Gasteiger partial charge in [0.1, 0.15) is 11.5 Å². The highest BCUT2D eigenvalue weighted by Crippen LogP contribution is 2.32. The summed E-state index contributed by atoms with van der Waals surface area (Å²) in [4.78, 5) is 4.16. The molecule has 3 nitrogen and oxygen atoms in total. The van der Waals surface area contributed by atoms with Crippen molar-refractivity contribution in [3.05, 3.63) is 40.6 Å². The summed E-state index contributed by atoms with van der Waals surface area (Å²) in [6.45, 7) is 6.71. The molecule has 102 valence electrons. The van der Waals surface area contributed by atoms with Gasteiger partial charge in [-0.2, -0.15) is 0 Å². The maximum Gasteiger partial charge on any atom is 0.181 e. The molecule has 0 aliphatic rings. The van der Waals surface area contributed by atoms with Crippen molar-refractivity contribution >= 4 is 15.9 Å². The molecule has 1 heterocycles. The van der Waals surface area contributed by atoms with Crippen LogP contribution < -0.4 is 5.32 Å². The molecular weight excluding hydrogens is 311 g/mol. The second-order valence-corrected chi connectivity index (χ2v) is 6.18. The van der Waals surface area contributed by atoms with Crippen molar-refractivity contribution in [2.75, 3.05) is 0 Å². The average molecular weight is 327 g/mol. The van der Waals surface area contributed by atoms with Crippen molar-refractivity contribution in [1.29, 1.82) is 0 Å². The first-order chi connectivity index (χ1) is 8.88. The van der Waals surface area contributed by atoms with Crippen LogP contribution in [0.2, 0.25) is 0 Å². The zero-order valence-electron chi connectivity index (χ0n) is 11.1. The van der Waals surface area contributed by atoms with Crippen molar-refractivity contribution in [3.63, 3.8) is 0 Å². The van der Waals surface area contributed by atoms with Gasteiger partial charge in [0.05, 0.1) is 5.56 Å². The first-order valence-electron chi connectivity index (χ1n) is 6.00. The normalized spacial score (nSPS) is 11.8. The van der Waals surface area contributed by atoms with E-state index in [9.17, 15) is 4.39 Å². The summed E-state index contributed by atoms with van der Waals surface area (Å²) >= 11 is 3.35. The summed E-state index contributed by atoms with van der Waals surface area (Å²) in [5.41, 5.74) is 1.06. The molecule has 5 heteroatoms. The van der Waals surface area contributed by atoms with Crippen molar-refractivity contribution in [3.8, 4) is 11.3 Å². The number of oxazole rings is 1. The largest absolute Gasteiger partial charge is 0.443 e. The fourth-order valence-corrected chi connectivity index (χ4v) is 2.18. The molecule has 0 atom stereocenters. The van der Waals surface area contributed by atoms with E-state index in [1.54, 1.807) is 12.1 Å². The summed E-state index contributed by atoms with van der Waals surface area (Å²) in [5.74, 6) is 0.129. The lowest BCUT2D eigenvalue weighted by Crippen LogP contribution is -2.35. The van der Waals surface area contributed by atoms with Gasteiger partial charge in [-0.15, -0.1) is 0 Å². The van der Waals surface area contributed by atoms with E-state index in [-0.39, 0.29) is 11.4 Å². The monoisotopic (exact) mass is 326 g/mol. The predicted molar refractivity (Wildman–Crippen MR) is 76.2 cm³/mol. The minimum atomic E-state index is -0.330. The lowest BCUT2D eigenvalue weighted by molar-refractivity contribution is 0.421. The SMILES string of the molecule is CC(C)(C)NCc1ncoc1-c1c(F)cccc1Br. The highest BCUT2D eigenvalue weighted by Gasteiger charge is 2.19. The Hall–Kier alpha value is -1.20. The van der Waals surface area contributed by atoms with Gasteiger partial charge in [0.15, 0.2) is 12.2 Å². The van der Waals surface area contributed by atoms with E-state index in [4.69, 9.17) is 4.42 Å². The zero-order chi connectivity index (χ0) is 14.0. The molecule has 0 saturated heterocycles. The summed E-state index contributed by atoms with van der Waals surface area (Å²) in [6, 6.07) is 4.83. The van der Waals surface area contributed by atoms with E-state index in [0.29, 0.717) is 28.0 Å². The van der Waals surface area contributed by atoms with E-state index >= 15 is 0 Å². The minimum Gasteiger partial charge on any atom is -0.443 e. The van der Waals surface area contributed by atoms with Crippen LogP contribution in [-0.2, 0) is 6.54 Å². The molecule has 0 bridgehead atoms. The number of hydrogen-bond acceptors (Lipinski definition) is 3. The summed E-state index contributed by atoms with van der Waals surface area (Å²) < 4.78 is 19.9. The molecule has 1 aromatic carbocycles. The number of nitrogens with zero attached hydrogens (tertiary/aromatic N) is 1. The Morgan fingerprint density at radius 2 is 2.11 bits per heavy atom. The third-order valence-electron chi connectivity index (χ3n) is 2.62. The number of aromatic nitrogens is 1. The topological polar surface area (TPSA) is 38.1 Å². The Morgan fingerprint density at radius 3 is 2.74 bits per heavy atom. The highest BCUT2D eigenvalue weighted by atomic mass is 79.9. The molecule has 19 heavy (non-hydrogen) atoms. The van der Waals surface area contributed by atoms with Gasteiger partial charge in [-0.3, -0.25) is 0 Å². The molecule has 0 fully saturated rings. The fraction of sp³-hybridized carbons (Fsp3) is 0.357. The molecule has 0 amide bonds. The van der Waals surface area contributed by atoms with Gasteiger partial charge in [-0.1, -0.05) is 6.07 Å². The van der Waals surface area contributed by atoms with E-state index in [2.05, 4.69) is 47.0 Å². The van der Waals surface area contributed by atoms with Gasteiger partial charge in [-0.05, 0) is 48.8 Å². The van der Waals surface area contributed by atoms with Gasteiger partial charge >= 0.3 is 0 Å². The van der Waals surface area contributed by atoms with Gasteiger partial charge in [-0.25, -0.2) is 9.37 Å². The predicted octanol–water partition coefficient (Wildman–Crippen LogP) is 4.13. The zero-order valence-corrected chi connectivity index (χ0v) is 12.7. The van der Waals surface area contributed by atoms with Crippen molar-refractivity contribution in [1.82, 2.24) is 10.3 Å². The lowest BCUT2D eigenvalue weighted by Gasteiger charge is -2.19. The van der Waals surface area contributed by atoms with Crippen molar-refractivity contribution in [2.24, 2.45) is 0 Å². The lowest BCUT2D eigenvalue weighted by atomic mass is 10.1. The molecule has 0 saturated carbocycles. The first kappa shape index (κ1) is 14.2. The molecule has 0 radical (unpaired) electrons. The second kappa shape index (κ2) is 5.43. The molecule has 2 aromatic rings. The molecule has 0 aliphatic carbocycles. The molecule has 1 N–H and O–H groups in total. The van der Waals surface area contributed by atoms with Gasteiger partial charge in [0.2, 0.25) is 0 Å². The fourth-order valence-electron chi connectivity index (χ4n) is 1.66. The summed E-state index contributed by atoms with van der Waals surface area (Å²) in [6.07, 6.45) is 1.34. The average Bonchev–Trinajstić information content (AvgIpc) is 2.73. The summed E-state index contributed by atoms with van der Waals surface area (Å²) in [7, 11) is 0. The van der Waals surface area contributed by atoms with Crippen LogP contribution in [0.25, 0.3) is 11.3 Å². The Balaban J connectivity index is 2.34. The standard InChI is InChI=1S/C14H16BrFN2O/c1-14(2,3)18-7-11-13(19-8-17-11)12-9(15)5-4-6-10(12)16/h4-6,8,18H,7H2,1-3H3. The number of nitrogens with one attached hydrogen (secondary N) is 1. The number of halogens is 2. The Kier molecular flexibility index (Phi) is 4.06. The van der Waals surface area contributed by atoms with Crippen LogP contribution >= 0.6 is 15.9 Å². The second-order valence-electron chi connectivity index (χ2n) is 5.33. The number of rotatable bonds is 3. The maximum absolute atomic E-state index is 13.9. The molecular formula is C14H16BrFN2O. The molecule has 0 unspecified atom stereocenters. The van der Waals surface area contributed by atoms with Gasteiger partial charge in [0, 0.05) is 16.6 Å². The van der Waals surface area contributed by atoms with Crippen LogP contribution in [0.15, 0.2) is 33.5 Å². The molecule has 0 aliphatic heterocycles. The number of benzene rings is 1. The van der Waals surface area contributed by atoms with E-state index in [0.717, 1.165) is 0 Å². The van der Waals surface area contributed by atoms with E-state index in [1.807, 2.05) is 0 Å². The Morgan fingerprint density at radius 1 is 1.37 bits per heavy atom. The molecule has 1 aromatic heterocycles. The summed E-state index contributed by atoms with van der Waals surface area (Å²) in [5, 5.41) is 3.31. The highest BCUT2D eigenvalue weighted by molar-refractivity contribution is 9.10. The van der Waals surface area contributed by atoms with Crippen molar-refractivity contribution < 1.29 is 8.81 Å². The molecule has 2 rings (SSSR count). The van der Waals surface area contributed by atoms with E-state index < -0.39 is 0 Å².